The standard InChI is InChI=1S/C20H14F3N5O.ClH/c21-20(22,23)11-5-6-13-15(9-11)26-8-7-17(13)28-10-14(18(29)27-19(24)25)12-3-1-2-4-16(12)28;/h1-10H,(H4,24,25,27,29);1H. The molecule has 2 heterocycles. The molecule has 0 unspecified atom stereocenters. The van der Waals surface area contributed by atoms with Crippen LogP contribution in [0.3, 0.4) is 0 Å². The van der Waals surface area contributed by atoms with Crippen LogP contribution in [0.1, 0.15) is 15.9 Å². The van der Waals surface area contributed by atoms with Gasteiger partial charge in [0.25, 0.3) is 5.91 Å². The molecular weight excluding hydrogens is 419 g/mol. The second-order valence-corrected chi connectivity index (χ2v) is 6.36. The molecule has 0 bridgehead atoms. The summed E-state index contributed by atoms with van der Waals surface area (Å²) in [5.41, 5.74) is 6.19. The number of nitrogens with zero attached hydrogens (tertiary/aromatic N) is 2. The SMILES string of the molecule is Cl.N=C(N)NC(=O)c1cn(-c2ccnc3cc(C(F)(F)F)ccc23)c2ccccc12. The van der Waals surface area contributed by atoms with Gasteiger partial charge in [-0.15, -0.1) is 12.4 Å². The Morgan fingerprint density at radius 2 is 1.83 bits per heavy atom. The minimum atomic E-state index is -4.47. The topological polar surface area (TPSA) is 96.8 Å². The van der Waals surface area contributed by atoms with Crippen LogP contribution in [-0.4, -0.2) is 21.4 Å². The fraction of sp³-hybridized carbons (Fsp3) is 0.0500. The summed E-state index contributed by atoms with van der Waals surface area (Å²) in [6.45, 7) is 0. The Bertz CT molecular complexity index is 1280. The zero-order valence-corrected chi connectivity index (χ0v) is 16.0. The number of alkyl halides is 3. The molecule has 0 fully saturated rings. The third-order valence-corrected chi connectivity index (χ3v) is 4.51. The van der Waals surface area contributed by atoms with Crippen molar-refractivity contribution in [3.63, 3.8) is 0 Å². The highest BCUT2D eigenvalue weighted by molar-refractivity contribution is 6.12. The fourth-order valence-electron chi connectivity index (χ4n) is 3.27. The summed E-state index contributed by atoms with van der Waals surface area (Å²) in [7, 11) is 0. The molecule has 2 aromatic carbocycles. The number of nitrogens with one attached hydrogen (secondary N) is 2. The quantitative estimate of drug-likeness (QED) is 0.326. The molecule has 0 aliphatic rings. The van der Waals surface area contributed by atoms with E-state index in [1.165, 1.54) is 12.3 Å². The van der Waals surface area contributed by atoms with Crippen molar-refractivity contribution in [2.75, 3.05) is 0 Å². The van der Waals surface area contributed by atoms with Gasteiger partial charge >= 0.3 is 6.18 Å². The molecule has 0 radical (unpaired) electrons. The molecule has 4 aromatic rings. The van der Waals surface area contributed by atoms with Crippen molar-refractivity contribution in [2.45, 2.75) is 6.18 Å². The van der Waals surface area contributed by atoms with Crippen LogP contribution in [0.15, 0.2) is 60.9 Å². The van der Waals surface area contributed by atoms with Crippen LogP contribution in [0.5, 0.6) is 0 Å². The number of nitrogens with two attached hydrogens (primary N) is 1. The molecule has 0 saturated carbocycles. The normalized spacial score (nSPS) is 11.3. The van der Waals surface area contributed by atoms with Crippen LogP contribution in [0.4, 0.5) is 13.2 Å². The Morgan fingerprint density at radius 1 is 1.10 bits per heavy atom. The van der Waals surface area contributed by atoms with Gasteiger partial charge < -0.3 is 10.3 Å². The number of pyridine rings is 1. The second-order valence-electron chi connectivity index (χ2n) is 6.36. The number of hydrogen-bond donors (Lipinski definition) is 3. The highest BCUT2D eigenvalue weighted by Crippen LogP contribution is 2.33. The van der Waals surface area contributed by atoms with Crippen LogP contribution in [0, 0.1) is 5.41 Å². The molecule has 154 valence electrons. The van der Waals surface area contributed by atoms with Crippen LogP contribution in [0.25, 0.3) is 27.5 Å². The van der Waals surface area contributed by atoms with Crippen LogP contribution < -0.4 is 11.1 Å². The molecular formula is C20H15ClF3N5O. The number of halogens is 4. The maximum Gasteiger partial charge on any atom is 0.416 e. The first-order valence-electron chi connectivity index (χ1n) is 8.47. The Morgan fingerprint density at radius 3 is 2.53 bits per heavy atom. The number of carbonyl (C=O) groups excluding carboxylic acids is 1. The summed E-state index contributed by atoms with van der Waals surface area (Å²) in [5.74, 6) is -1.04. The van der Waals surface area contributed by atoms with Crippen molar-refractivity contribution in [3.8, 4) is 5.69 Å². The fourth-order valence-corrected chi connectivity index (χ4v) is 3.27. The summed E-state index contributed by atoms with van der Waals surface area (Å²) in [4.78, 5) is 16.5. The van der Waals surface area contributed by atoms with Gasteiger partial charge in [-0.05, 0) is 24.3 Å². The lowest BCUT2D eigenvalue weighted by Gasteiger charge is -2.11. The molecule has 30 heavy (non-hydrogen) atoms. The number of guanidine groups is 1. The van der Waals surface area contributed by atoms with E-state index < -0.39 is 23.6 Å². The molecule has 0 atom stereocenters. The number of benzene rings is 2. The van der Waals surface area contributed by atoms with E-state index in [1.807, 2.05) is 0 Å². The van der Waals surface area contributed by atoms with Gasteiger partial charge in [0.1, 0.15) is 0 Å². The summed E-state index contributed by atoms with van der Waals surface area (Å²) >= 11 is 0. The molecule has 0 spiro atoms. The van der Waals surface area contributed by atoms with Gasteiger partial charge in [-0.1, -0.05) is 24.3 Å². The minimum Gasteiger partial charge on any atom is -0.370 e. The average Bonchev–Trinajstić information content (AvgIpc) is 3.05. The van der Waals surface area contributed by atoms with Crippen LogP contribution in [-0.2, 0) is 6.18 Å². The summed E-state index contributed by atoms with van der Waals surface area (Å²) in [6.07, 6.45) is -1.48. The number of hydrogen-bond acceptors (Lipinski definition) is 3. The van der Waals surface area contributed by atoms with Gasteiger partial charge in [-0.3, -0.25) is 20.5 Å². The third kappa shape index (κ3) is 3.67. The first-order chi connectivity index (χ1) is 13.8. The highest BCUT2D eigenvalue weighted by Gasteiger charge is 2.30. The Kier molecular flexibility index (Phi) is 5.41. The van der Waals surface area contributed by atoms with E-state index >= 15 is 0 Å². The van der Waals surface area contributed by atoms with Crippen LogP contribution in [0.2, 0.25) is 0 Å². The molecule has 2 aromatic heterocycles. The zero-order chi connectivity index (χ0) is 20.8. The molecule has 10 heteroatoms. The lowest BCUT2D eigenvalue weighted by molar-refractivity contribution is -0.137. The van der Waals surface area contributed by atoms with Crippen molar-refractivity contribution in [2.24, 2.45) is 5.73 Å². The van der Waals surface area contributed by atoms with E-state index in [2.05, 4.69) is 10.3 Å². The van der Waals surface area contributed by atoms with E-state index in [1.54, 1.807) is 41.1 Å². The van der Waals surface area contributed by atoms with Crippen molar-refractivity contribution in [1.82, 2.24) is 14.9 Å². The van der Waals surface area contributed by atoms with Gasteiger partial charge in [0, 0.05) is 23.2 Å². The second kappa shape index (κ2) is 7.68. The minimum absolute atomic E-state index is 0. The van der Waals surface area contributed by atoms with E-state index in [-0.39, 0.29) is 23.5 Å². The van der Waals surface area contributed by atoms with E-state index in [0.29, 0.717) is 22.0 Å². The predicted molar refractivity (Wildman–Crippen MR) is 110 cm³/mol. The van der Waals surface area contributed by atoms with E-state index in [9.17, 15) is 18.0 Å². The number of rotatable bonds is 2. The largest absolute Gasteiger partial charge is 0.416 e. The molecule has 4 N–H and O–H groups in total. The van der Waals surface area contributed by atoms with Crippen LogP contribution >= 0.6 is 12.4 Å². The van der Waals surface area contributed by atoms with Crippen molar-refractivity contribution in [1.29, 1.82) is 5.41 Å². The third-order valence-electron chi connectivity index (χ3n) is 4.51. The Labute approximate surface area is 174 Å². The molecule has 0 aliphatic heterocycles. The molecule has 0 saturated heterocycles. The van der Waals surface area contributed by atoms with Gasteiger partial charge in [0.05, 0.1) is 27.8 Å². The maximum atomic E-state index is 13.0. The van der Waals surface area contributed by atoms with E-state index in [0.717, 1.165) is 12.1 Å². The lowest BCUT2D eigenvalue weighted by Crippen LogP contribution is -2.35. The Hall–Kier alpha value is -3.59. The van der Waals surface area contributed by atoms with Gasteiger partial charge in [0.15, 0.2) is 5.96 Å². The maximum absolute atomic E-state index is 13.0. The molecule has 0 aliphatic carbocycles. The number of carbonyl (C=O) groups is 1. The molecule has 6 nitrogen and oxygen atoms in total. The highest BCUT2D eigenvalue weighted by atomic mass is 35.5. The first kappa shape index (κ1) is 21.1. The number of amides is 1. The first-order valence-corrected chi connectivity index (χ1v) is 8.47. The van der Waals surface area contributed by atoms with E-state index in [4.69, 9.17) is 11.1 Å². The van der Waals surface area contributed by atoms with Gasteiger partial charge in [-0.25, -0.2) is 0 Å². The van der Waals surface area contributed by atoms with Gasteiger partial charge in [-0.2, -0.15) is 13.2 Å². The van der Waals surface area contributed by atoms with Crippen molar-refractivity contribution >= 4 is 46.1 Å². The lowest BCUT2D eigenvalue weighted by atomic mass is 10.1. The monoisotopic (exact) mass is 433 g/mol. The summed E-state index contributed by atoms with van der Waals surface area (Å²) < 4.78 is 40.8. The number of fused-ring (bicyclic) bond motifs is 2. The van der Waals surface area contributed by atoms with Crippen molar-refractivity contribution < 1.29 is 18.0 Å². The van der Waals surface area contributed by atoms with Crippen molar-refractivity contribution in [3.05, 3.63) is 72.1 Å². The predicted octanol–water partition coefficient (Wildman–Crippen LogP) is 4.24. The average molecular weight is 434 g/mol. The number of aromatic nitrogens is 2. The summed E-state index contributed by atoms with van der Waals surface area (Å²) in [6, 6.07) is 12.1. The smallest absolute Gasteiger partial charge is 0.370 e. The molecule has 4 rings (SSSR count). The summed E-state index contributed by atoms with van der Waals surface area (Å²) in [5, 5.41) is 10.6. The Balaban J connectivity index is 0.00000256. The zero-order valence-electron chi connectivity index (χ0n) is 15.2. The van der Waals surface area contributed by atoms with Gasteiger partial charge in [0.2, 0.25) is 0 Å². The molecule has 1 amide bonds. The number of para-hydroxylation sites is 1.